The van der Waals surface area contributed by atoms with E-state index in [9.17, 15) is 22.0 Å². The van der Waals surface area contributed by atoms with E-state index in [0.29, 0.717) is 16.7 Å². The Kier molecular flexibility index (Phi) is 6.64. The number of hydrogen-bond acceptors (Lipinski definition) is 3. The minimum atomic E-state index is -1.53. The Balaban J connectivity index is 1.22. The van der Waals surface area contributed by atoms with Crippen LogP contribution in [0.2, 0.25) is 0 Å². The molecular weight excluding hydrogens is 479 g/mol. The molecule has 3 nitrogen and oxygen atoms in total. The predicted molar refractivity (Wildman–Crippen MR) is 124 cm³/mol. The van der Waals surface area contributed by atoms with Crippen LogP contribution in [0.3, 0.4) is 0 Å². The van der Waals surface area contributed by atoms with E-state index in [4.69, 9.17) is 14.2 Å². The summed E-state index contributed by atoms with van der Waals surface area (Å²) < 4.78 is 87.0. The van der Waals surface area contributed by atoms with E-state index < -0.39 is 41.1 Å². The molecule has 1 aliphatic heterocycles. The fourth-order valence-electron chi connectivity index (χ4n) is 4.11. The average Bonchev–Trinajstić information content (AvgIpc) is 2.87. The van der Waals surface area contributed by atoms with Crippen LogP contribution in [0.5, 0.6) is 5.75 Å². The highest BCUT2D eigenvalue weighted by atomic mass is 19.2. The topological polar surface area (TPSA) is 27.7 Å². The molecule has 8 heteroatoms. The van der Waals surface area contributed by atoms with Gasteiger partial charge in [-0.15, -0.1) is 0 Å². The molecule has 0 amide bonds. The zero-order chi connectivity index (χ0) is 25.4. The Bertz CT molecular complexity index is 1390. The van der Waals surface area contributed by atoms with Gasteiger partial charge in [-0.3, -0.25) is 0 Å². The lowest BCUT2D eigenvalue weighted by atomic mass is 10.0. The van der Waals surface area contributed by atoms with Crippen molar-refractivity contribution >= 4 is 10.8 Å². The van der Waals surface area contributed by atoms with Gasteiger partial charge in [-0.2, -0.15) is 0 Å². The SMILES string of the molecule is Cc1ccc(-c2cc(F)c(OCC3COC(c4ccc5c(F)c(F)c(F)cc5c4)OC3)c(F)c2)cc1. The maximum atomic E-state index is 14.6. The molecule has 0 N–H and O–H groups in total. The van der Waals surface area contributed by atoms with E-state index in [2.05, 4.69) is 0 Å². The average molecular weight is 500 g/mol. The first-order chi connectivity index (χ1) is 17.3. The molecule has 36 heavy (non-hydrogen) atoms. The van der Waals surface area contributed by atoms with Crippen LogP contribution in [-0.4, -0.2) is 19.8 Å². The second-order valence-electron chi connectivity index (χ2n) is 8.78. The van der Waals surface area contributed by atoms with Crippen LogP contribution >= 0.6 is 0 Å². The number of hydrogen-bond donors (Lipinski definition) is 0. The molecule has 5 rings (SSSR count). The molecule has 1 aliphatic rings. The maximum absolute atomic E-state index is 14.6. The molecule has 1 heterocycles. The Hall–Kier alpha value is -3.49. The lowest BCUT2D eigenvalue weighted by molar-refractivity contribution is -0.208. The summed E-state index contributed by atoms with van der Waals surface area (Å²) in [5, 5.41) is 0.110. The molecule has 1 saturated heterocycles. The summed E-state index contributed by atoms with van der Waals surface area (Å²) in [6.07, 6.45) is -0.816. The molecule has 0 spiro atoms. The second kappa shape index (κ2) is 9.87. The van der Waals surface area contributed by atoms with Gasteiger partial charge in [-0.05, 0) is 47.7 Å². The first-order valence-corrected chi connectivity index (χ1v) is 11.3. The normalized spacial score (nSPS) is 17.9. The molecule has 186 valence electrons. The summed E-state index contributed by atoms with van der Waals surface area (Å²) in [5.74, 6) is -6.47. The Morgan fingerprint density at radius 2 is 1.42 bits per heavy atom. The molecule has 0 aliphatic carbocycles. The summed E-state index contributed by atoms with van der Waals surface area (Å²) in [7, 11) is 0. The Morgan fingerprint density at radius 3 is 2.08 bits per heavy atom. The molecule has 1 fully saturated rings. The molecule has 0 saturated carbocycles. The smallest absolute Gasteiger partial charge is 0.195 e. The molecule has 0 unspecified atom stereocenters. The first kappa shape index (κ1) is 24.2. The van der Waals surface area contributed by atoms with Gasteiger partial charge in [0.1, 0.15) is 0 Å². The zero-order valence-electron chi connectivity index (χ0n) is 19.2. The maximum Gasteiger partial charge on any atom is 0.195 e. The van der Waals surface area contributed by atoms with Crippen molar-refractivity contribution in [2.45, 2.75) is 13.2 Å². The van der Waals surface area contributed by atoms with Crippen LogP contribution in [0.15, 0.2) is 60.7 Å². The van der Waals surface area contributed by atoms with Crippen molar-refractivity contribution in [1.29, 1.82) is 0 Å². The number of fused-ring (bicyclic) bond motifs is 1. The first-order valence-electron chi connectivity index (χ1n) is 11.3. The van der Waals surface area contributed by atoms with Crippen molar-refractivity contribution in [2.75, 3.05) is 19.8 Å². The number of halogens is 5. The minimum absolute atomic E-state index is 0.0438. The predicted octanol–water partition coefficient (Wildman–Crippen LogP) is 7.25. The van der Waals surface area contributed by atoms with Gasteiger partial charge in [0.2, 0.25) is 0 Å². The second-order valence-corrected chi connectivity index (χ2v) is 8.78. The van der Waals surface area contributed by atoms with Crippen LogP contribution in [0.1, 0.15) is 17.4 Å². The quantitative estimate of drug-likeness (QED) is 0.213. The highest BCUT2D eigenvalue weighted by Crippen LogP contribution is 2.32. The Labute approximate surface area is 204 Å². The molecule has 0 aromatic heterocycles. The van der Waals surface area contributed by atoms with Gasteiger partial charge in [0, 0.05) is 16.9 Å². The minimum Gasteiger partial charge on any atom is -0.487 e. The third-order valence-electron chi connectivity index (χ3n) is 6.08. The van der Waals surface area contributed by atoms with Gasteiger partial charge >= 0.3 is 0 Å². The summed E-state index contributed by atoms with van der Waals surface area (Å²) in [6, 6.07) is 15.0. The molecular formula is C28H21F5O3. The monoisotopic (exact) mass is 500 g/mol. The third-order valence-corrected chi connectivity index (χ3v) is 6.08. The van der Waals surface area contributed by atoms with E-state index in [-0.39, 0.29) is 36.5 Å². The molecule has 4 aromatic rings. The van der Waals surface area contributed by atoms with Crippen molar-refractivity contribution in [2.24, 2.45) is 5.92 Å². The van der Waals surface area contributed by atoms with Gasteiger partial charge in [0.15, 0.2) is 41.1 Å². The zero-order valence-corrected chi connectivity index (χ0v) is 19.2. The Morgan fingerprint density at radius 1 is 0.750 bits per heavy atom. The van der Waals surface area contributed by atoms with Gasteiger partial charge in [0.25, 0.3) is 0 Å². The van der Waals surface area contributed by atoms with Crippen LogP contribution in [-0.2, 0) is 9.47 Å². The van der Waals surface area contributed by atoms with Gasteiger partial charge in [0.05, 0.1) is 19.8 Å². The number of aryl methyl sites for hydroxylation is 1. The highest BCUT2D eigenvalue weighted by Gasteiger charge is 2.26. The van der Waals surface area contributed by atoms with Gasteiger partial charge in [-0.1, -0.05) is 42.0 Å². The lowest BCUT2D eigenvalue weighted by Gasteiger charge is -2.29. The van der Waals surface area contributed by atoms with E-state index in [1.165, 1.54) is 30.3 Å². The standard InChI is InChI=1S/C28H21F5O3/c1-15-2-4-17(5-3-15)19-9-23(30)27(24(31)10-19)34-12-16-13-35-28(36-14-16)18-6-7-21-20(8-18)11-22(29)26(33)25(21)32/h2-11,16,28H,12-14H2,1H3. The number of ether oxygens (including phenoxy) is 3. The van der Waals surface area contributed by atoms with Crippen LogP contribution in [0.4, 0.5) is 22.0 Å². The molecule has 0 bridgehead atoms. The summed E-state index contributed by atoms with van der Waals surface area (Å²) >= 11 is 0. The van der Waals surface area contributed by atoms with Crippen LogP contribution in [0.25, 0.3) is 21.9 Å². The van der Waals surface area contributed by atoms with E-state index >= 15 is 0 Å². The molecule has 0 radical (unpaired) electrons. The van der Waals surface area contributed by atoms with E-state index in [1.807, 2.05) is 19.1 Å². The van der Waals surface area contributed by atoms with E-state index in [1.54, 1.807) is 12.1 Å². The number of rotatable bonds is 5. The summed E-state index contributed by atoms with van der Waals surface area (Å²) in [6.45, 7) is 2.21. The summed E-state index contributed by atoms with van der Waals surface area (Å²) in [5.41, 5.74) is 2.63. The van der Waals surface area contributed by atoms with Crippen molar-refractivity contribution in [3.05, 3.63) is 101 Å². The van der Waals surface area contributed by atoms with Crippen molar-refractivity contribution in [3.63, 3.8) is 0 Å². The largest absolute Gasteiger partial charge is 0.487 e. The number of benzene rings is 4. The lowest BCUT2D eigenvalue weighted by Crippen LogP contribution is -2.31. The van der Waals surface area contributed by atoms with Crippen LogP contribution in [0, 0.1) is 41.9 Å². The fraction of sp³-hybridized carbons (Fsp3) is 0.214. The molecule has 0 atom stereocenters. The van der Waals surface area contributed by atoms with Gasteiger partial charge in [-0.25, -0.2) is 22.0 Å². The van der Waals surface area contributed by atoms with Crippen LogP contribution < -0.4 is 4.74 Å². The summed E-state index contributed by atoms with van der Waals surface area (Å²) in [4.78, 5) is 0. The van der Waals surface area contributed by atoms with Crippen molar-refractivity contribution in [1.82, 2.24) is 0 Å². The molecule has 4 aromatic carbocycles. The van der Waals surface area contributed by atoms with E-state index in [0.717, 1.165) is 11.6 Å². The van der Waals surface area contributed by atoms with Crippen molar-refractivity contribution < 1.29 is 36.2 Å². The fourth-order valence-corrected chi connectivity index (χ4v) is 4.11. The highest BCUT2D eigenvalue weighted by molar-refractivity contribution is 5.84. The van der Waals surface area contributed by atoms with Crippen molar-refractivity contribution in [3.8, 4) is 16.9 Å². The third kappa shape index (κ3) is 4.79. The van der Waals surface area contributed by atoms with Gasteiger partial charge < -0.3 is 14.2 Å².